The summed E-state index contributed by atoms with van der Waals surface area (Å²) in [5, 5.41) is 9.59. The van der Waals surface area contributed by atoms with Gasteiger partial charge < -0.3 is 19.2 Å². The van der Waals surface area contributed by atoms with E-state index in [1.807, 2.05) is 0 Å². The van der Waals surface area contributed by atoms with Gasteiger partial charge in [0.1, 0.15) is 12.3 Å². The van der Waals surface area contributed by atoms with Crippen LogP contribution in [0.1, 0.15) is 6.42 Å². The van der Waals surface area contributed by atoms with Crippen LogP contribution in [0.5, 0.6) is 5.75 Å². The molecule has 1 saturated heterocycles. The van der Waals surface area contributed by atoms with Crippen molar-refractivity contribution in [1.82, 2.24) is 9.47 Å². The maximum atomic E-state index is 12.5. The van der Waals surface area contributed by atoms with Crippen LogP contribution in [0.3, 0.4) is 0 Å². The standard InChI is InChI=1S/C20H17F3N2O5/c21-20(22,23)30-15-4-1-12(2-5-15)13-3-6-17-16(9-13)25(19(28)29-17)11-18(27)24-8-7-14(26)10-24/h1-6,9,14,26H,7-8,10-11H2/t14-/m1/s1. The van der Waals surface area contributed by atoms with Crippen molar-refractivity contribution in [2.24, 2.45) is 0 Å². The van der Waals surface area contributed by atoms with E-state index >= 15 is 0 Å². The molecule has 1 aliphatic heterocycles. The second-order valence-electron chi connectivity index (χ2n) is 6.99. The largest absolute Gasteiger partial charge is 0.573 e. The van der Waals surface area contributed by atoms with Gasteiger partial charge in [0.25, 0.3) is 0 Å². The number of aromatic nitrogens is 1. The lowest BCUT2D eigenvalue weighted by atomic mass is 10.1. The Bertz CT molecular complexity index is 1130. The van der Waals surface area contributed by atoms with Gasteiger partial charge in [-0.1, -0.05) is 18.2 Å². The average molecular weight is 422 g/mol. The molecule has 0 aliphatic carbocycles. The van der Waals surface area contributed by atoms with Crippen LogP contribution in [0.25, 0.3) is 22.2 Å². The zero-order valence-electron chi connectivity index (χ0n) is 15.6. The first kappa shape index (κ1) is 20.0. The van der Waals surface area contributed by atoms with Crippen molar-refractivity contribution in [2.45, 2.75) is 25.4 Å². The summed E-state index contributed by atoms with van der Waals surface area (Å²) in [5.74, 6) is -1.34. The lowest BCUT2D eigenvalue weighted by Gasteiger charge is -2.15. The molecule has 158 valence electrons. The second kappa shape index (κ2) is 7.52. The number of benzene rings is 2. The van der Waals surface area contributed by atoms with Gasteiger partial charge in [-0.3, -0.25) is 9.36 Å². The van der Waals surface area contributed by atoms with E-state index in [1.165, 1.54) is 33.7 Å². The molecule has 1 N–H and O–H groups in total. The first-order chi connectivity index (χ1) is 14.2. The van der Waals surface area contributed by atoms with Gasteiger partial charge in [-0.15, -0.1) is 13.2 Å². The number of fused-ring (bicyclic) bond motifs is 1. The molecule has 1 atom stereocenters. The van der Waals surface area contributed by atoms with Crippen LogP contribution < -0.4 is 10.5 Å². The highest BCUT2D eigenvalue weighted by atomic mass is 19.4. The molecule has 0 bridgehead atoms. The summed E-state index contributed by atoms with van der Waals surface area (Å²) >= 11 is 0. The van der Waals surface area contributed by atoms with E-state index in [-0.39, 0.29) is 30.3 Å². The number of β-amino-alcohol motifs (C(OH)–C–C–N with tert-alkyl or cyclic N) is 1. The number of carbonyl (C=O) groups is 1. The van der Waals surface area contributed by atoms with Crippen LogP contribution in [0.2, 0.25) is 0 Å². The van der Waals surface area contributed by atoms with Gasteiger partial charge in [0.2, 0.25) is 5.91 Å². The second-order valence-corrected chi connectivity index (χ2v) is 6.99. The third-order valence-electron chi connectivity index (χ3n) is 4.90. The molecule has 1 fully saturated rings. The van der Waals surface area contributed by atoms with Gasteiger partial charge in [-0.25, -0.2) is 4.79 Å². The van der Waals surface area contributed by atoms with Crippen LogP contribution in [0.4, 0.5) is 13.2 Å². The van der Waals surface area contributed by atoms with E-state index in [2.05, 4.69) is 4.74 Å². The zero-order valence-corrected chi connectivity index (χ0v) is 15.6. The molecule has 1 aromatic heterocycles. The number of rotatable bonds is 4. The van der Waals surface area contributed by atoms with Crippen molar-refractivity contribution in [3.63, 3.8) is 0 Å². The molecule has 2 heterocycles. The summed E-state index contributed by atoms with van der Waals surface area (Å²) < 4.78 is 47.2. The van der Waals surface area contributed by atoms with E-state index < -0.39 is 18.2 Å². The molecule has 0 radical (unpaired) electrons. The highest BCUT2D eigenvalue weighted by Gasteiger charge is 2.31. The van der Waals surface area contributed by atoms with Gasteiger partial charge in [0.15, 0.2) is 5.58 Å². The minimum atomic E-state index is -4.77. The number of carbonyl (C=O) groups excluding carboxylic acids is 1. The highest BCUT2D eigenvalue weighted by molar-refractivity contribution is 5.83. The molecule has 0 unspecified atom stereocenters. The normalized spacial score (nSPS) is 16.9. The van der Waals surface area contributed by atoms with Crippen molar-refractivity contribution in [2.75, 3.05) is 13.1 Å². The van der Waals surface area contributed by atoms with E-state index in [9.17, 15) is 27.9 Å². The van der Waals surface area contributed by atoms with Crippen LogP contribution in [0, 0.1) is 0 Å². The zero-order chi connectivity index (χ0) is 21.5. The monoisotopic (exact) mass is 422 g/mol. The lowest BCUT2D eigenvalue weighted by molar-refractivity contribution is -0.274. The van der Waals surface area contributed by atoms with Gasteiger partial charge in [0, 0.05) is 13.1 Å². The van der Waals surface area contributed by atoms with Gasteiger partial charge in [0.05, 0.1) is 11.6 Å². The summed E-state index contributed by atoms with van der Waals surface area (Å²) in [6, 6.07) is 10.2. The van der Waals surface area contributed by atoms with Crippen LogP contribution in [0.15, 0.2) is 51.7 Å². The molecular formula is C20H17F3N2O5. The number of halogens is 3. The Kier molecular flexibility index (Phi) is 5.02. The molecule has 1 amide bonds. The fourth-order valence-corrected chi connectivity index (χ4v) is 3.44. The van der Waals surface area contributed by atoms with Crippen molar-refractivity contribution >= 4 is 17.0 Å². The Labute approximate surface area is 167 Å². The van der Waals surface area contributed by atoms with Crippen LogP contribution in [-0.2, 0) is 11.3 Å². The third kappa shape index (κ3) is 4.18. The van der Waals surface area contributed by atoms with E-state index in [0.29, 0.717) is 29.6 Å². The number of aliphatic hydroxyl groups excluding tert-OH is 1. The minimum absolute atomic E-state index is 0.223. The first-order valence-electron chi connectivity index (χ1n) is 9.15. The predicted molar refractivity (Wildman–Crippen MR) is 99.8 cm³/mol. The molecular weight excluding hydrogens is 405 g/mol. The molecule has 0 saturated carbocycles. The summed E-state index contributed by atoms with van der Waals surface area (Å²) in [7, 11) is 0. The number of ether oxygens (including phenoxy) is 1. The summed E-state index contributed by atoms with van der Waals surface area (Å²) in [4.78, 5) is 26.2. The molecule has 30 heavy (non-hydrogen) atoms. The number of hydrogen-bond acceptors (Lipinski definition) is 5. The van der Waals surface area contributed by atoms with Crippen LogP contribution in [-0.4, -0.2) is 46.0 Å². The Morgan fingerprint density at radius 3 is 2.50 bits per heavy atom. The number of nitrogens with zero attached hydrogens (tertiary/aromatic N) is 2. The first-order valence-corrected chi connectivity index (χ1v) is 9.15. The number of likely N-dealkylation sites (tertiary alicyclic amines) is 1. The quantitative estimate of drug-likeness (QED) is 0.699. The van der Waals surface area contributed by atoms with Gasteiger partial charge >= 0.3 is 12.1 Å². The third-order valence-corrected chi connectivity index (χ3v) is 4.90. The molecule has 7 nitrogen and oxygen atoms in total. The number of alkyl halides is 3. The smallest absolute Gasteiger partial charge is 0.408 e. The molecule has 0 spiro atoms. The summed E-state index contributed by atoms with van der Waals surface area (Å²) in [6.07, 6.45) is -4.85. The highest BCUT2D eigenvalue weighted by Crippen LogP contribution is 2.28. The van der Waals surface area contributed by atoms with E-state index in [1.54, 1.807) is 18.2 Å². The average Bonchev–Trinajstić information content (AvgIpc) is 3.24. The maximum absolute atomic E-state index is 12.5. The number of hydrogen-bond donors (Lipinski definition) is 1. The van der Waals surface area contributed by atoms with Crippen molar-refractivity contribution in [3.05, 3.63) is 53.0 Å². The van der Waals surface area contributed by atoms with Crippen LogP contribution >= 0.6 is 0 Å². The summed E-state index contributed by atoms with van der Waals surface area (Å²) in [5.41, 5.74) is 1.90. The minimum Gasteiger partial charge on any atom is -0.408 e. The van der Waals surface area contributed by atoms with Crippen molar-refractivity contribution < 1.29 is 32.2 Å². The topological polar surface area (TPSA) is 84.9 Å². The summed E-state index contributed by atoms with van der Waals surface area (Å²) in [6.45, 7) is 0.406. The molecule has 10 heteroatoms. The van der Waals surface area contributed by atoms with Crippen molar-refractivity contribution in [1.29, 1.82) is 0 Å². The van der Waals surface area contributed by atoms with Crippen molar-refractivity contribution in [3.8, 4) is 16.9 Å². The number of amides is 1. The molecule has 4 rings (SSSR count). The molecule has 2 aromatic carbocycles. The molecule has 1 aliphatic rings. The fraction of sp³-hybridized carbons (Fsp3) is 0.300. The van der Waals surface area contributed by atoms with E-state index in [4.69, 9.17) is 4.42 Å². The maximum Gasteiger partial charge on any atom is 0.573 e. The Morgan fingerprint density at radius 2 is 1.87 bits per heavy atom. The number of oxazole rings is 1. The van der Waals surface area contributed by atoms with Gasteiger partial charge in [-0.2, -0.15) is 0 Å². The Balaban J connectivity index is 1.61. The Morgan fingerprint density at radius 1 is 1.17 bits per heavy atom. The van der Waals surface area contributed by atoms with E-state index in [0.717, 1.165) is 0 Å². The predicted octanol–water partition coefficient (Wildman–Crippen LogP) is 2.75. The Hall–Kier alpha value is -3.27. The fourth-order valence-electron chi connectivity index (χ4n) is 3.44. The number of aliphatic hydroxyl groups is 1. The molecule has 3 aromatic rings. The SMILES string of the molecule is O=C(Cn1c(=O)oc2ccc(-c3ccc(OC(F)(F)F)cc3)cc21)N1CC[C@@H](O)C1. The lowest BCUT2D eigenvalue weighted by Crippen LogP contribution is -2.34. The van der Waals surface area contributed by atoms with Gasteiger partial charge in [-0.05, 0) is 41.8 Å².